The van der Waals surface area contributed by atoms with Crippen LogP contribution in [0.1, 0.15) is 15.9 Å². The van der Waals surface area contributed by atoms with Gasteiger partial charge in [-0.2, -0.15) is 0 Å². The molecular weight excluding hydrogens is 246 g/mol. The van der Waals surface area contributed by atoms with E-state index >= 15 is 0 Å². The summed E-state index contributed by atoms with van der Waals surface area (Å²) in [6.07, 6.45) is 5.16. The molecule has 1 aromatic rings. The first-order valence-electron chi connectivity index (χ1n) is 5.67. The van der Waals surface area contributed by atoms with Crippen LogP contribution in [0.4, 0.5) is 0 Å². The third-order valence-electron chi connectivity index (χ3n) is 2.31. The molecule has 0 aliphatic rings. The van der Waals surface area contributed by atoms with Gasteiger partial charge in [-0.15, -0.1) is 18.2 Å². The van der Waals surface area contributed by atoms with Crippen LogP contribution in [0, 0.1) is 12.3 Å². The summed E-state index contributed by atoms with van der Waals surface area (Å²) in [7, 11) is 1.38. The van der Waals surface area contributed by atoms with Gasteiger partial charge in [0.1, 0.15) is 0 Å². The van der Waals surface area contributed by atoms with Gasteiger partial charge in [0.25, 0.3) is 0 Å². The van der Waals surface area contributed by atoms with Crippen molar-refractivity contribution < 1.29 is 9.53 Å². The number of methoxy groups -OCH3 is 1. The Balaban J connectivity index is 2.27. The number of carbonyl (C=O) groups excluding carboxylic acids is 1. The number of terminal acetylenes is 1. The normalized spacial score (nSPS) is 9.78. The van der Waals surface area contributed by atoms with Crippen molar-refractivity contribution in [2.45, 2.75) is 6.54 Å². The molecule has 3 nitrogen and oxygen atoms in total. The van der Waals surface area contributed by atoms with Crippen molar-refractivity contribution in [3.63, 3.8) is 0 Å². The molecule has 4 heteroatoms. The number of nitrogens with one attached hydrogen (secondary N) is 1. The number of esters is 1. The summed E-state index contributed by atoms with van der Waals surface area (Å²) in [5.74, 6) is 4.05. The van der Waals surface area contributed by atoms with E-state index in [0.717, 1.165) is 30.2 Å². The molecule has 0 saturated heterocycles. The third-order valence-corrected chi connectivity index (χ3v) is 3.18. The molecule has 0 saturated carbocycles. The average Bonchev–Trinajstić information content (AvgIpc) is 2.42. The van der Waals surface area contributed by atoms with Gasteiger partial charge in [0.15, 0.2) is 0 Å². The van der Waals surface area contributed by atoms with Crippen molar-refractivity contribution >= 4 is 17.7 Å². The average molecular weight is 263 g/mol. The highest BCUT2D eigenvalue weighted by Crippen LogP contribution is 2.05. The molecule has 0 fully saturated rings. The molecule has 1 aromatic carbocycles. The molecule has 0 bridgehead atoms. The molecule has 0 radical (unpaired) electrons. The third kappa shape index (κ3) is 5.26. The molecule has 0 amide bonds. The second kappa shape index (κ2) is 8.62. The predicted octanol–water partition coefficient (Wildman–Crippen LogP) is 1.93. The van der Waals surface area contributed by atoms with Crippen LogP contribution in [0.15, 0.2) is 24.3 Å². The van der Waals surface area contributed by atoms with Gasteiger partial charge in [-0.05, 0) is 17.7 Å². The van der Waals surface area contributed by atoms with E-state index < -0.39 is 0 Å². The molecule has 0 atom stereocenters. The zero-order valence-electron chi connectivity index (χ0n) is 10.4. The van der Waals surface area contributed by atoms with Gasteiger partial charge >= 0.3 is 5.97 Å². The molecule has 96 valence electrons. The fraction of sp³-hybridized carbons (Fsp3) is 0.357. The highest BCUT2D eigenvalue weighted by atomic mass is 32.2. The van der Waals surface area contributed by atoms with E-state index in [0.29, 0.717) is 5.56 Å². The van der Waals surface area contributed by atoms with Crippen molar-refractivity contribution in [3.8, 4) is 12.3 Å². The maximum absolute atomic E-state index is 11.2. The summed E-state index contributed by atoms with van der Waals surface area (Å²) in [6.45, 7) is 1.71. The summed E-state index contributed by atoms with van der Waals surface area (Å²) < 4.78 is 4.64. The fourth-order valence-corrected chi connectivity index (χ4v) is 1.94. The molecule has 18 heavy (non-hydrogen) atoms. The highest BCUT2D eigenvalue weighted by molar-refractivity contribution is 7.99. The Morgan fingerprint density at radius 1 is 1.44 bits per heavy atom. The lowest BCUT2D eigenvalue weighted by atomic mass is 10.1. The van der Waals surface area contributed by atoms with Gasteiger partial charge in [-0.25, -0.2) is 4.79 Å². The fourth-order valence-electron chi connectivity index (χ4n) is 1.38. The maximum Gasteiger partial charge on any atom is 0.337 e. The number of thioether (sulfide) groups is 1. The lowest BCUT2D eigenvalue weighted by Gasteiger charge is -2.05. The Labute approximate surface area is 112 Å². The van der Waals surface area contributed by atoms with Crippen LogP contribution in [0.3, 0.4) is 0 Å². The monoisotopic (exact) mass is 263 g/mol. The Hall–Kier alpha value is -1.44. The molecule has 0 aliphatic carbocycles. The smallest absolute Gasteiger partial charge is 0.337 e. The molecule has 0 aliphatic heterocycles. The van der Waals surface area contributed by atoms with Gasteiger partial charge in [0, 0.05) is 18.8 Å². The van der Waals surface area contributed by atoms with E-state index in [1.54, 1.807) is 23.9 Å². The quantitative estimate of drug-likeness (QED) is 0.463. The molecule has 0 unspecified atom stereocenters. The van der Waals surface area contributed by atoms with Crippen molar-refractivity contribution in [3.05, 3.63) is 35.4 Å². The van der Waals surface area contributed by atoms with Gasteiger partial charge in [-0.3, -0.25) is 0 Å². The summed E-state index contributed by atoms with van der Waals surface area (Å²) in [5, 5.41) is 3.32. The van der Waals surface area contributed by atoms with Gasteiger partial charge in [0.05, 0.1) is 18.4 Å². The van der Waals surface area contributed by atoms with Crippen LogP contribution in [0.25, 0.3) is 0 Å². The van der Waals surface area contributed by atoms with Crippen LogP contribution in [0.2, 0.25) is 0 Å². The number of carbonyl (C=O) groups is 1. The molecule has 0 aromatic heterocycles. The number of rotatable bonds is 7. The topological polar surface area (TPSA) is 38.3 Å². The lowest BCUT2D eigenvalue weighted by Crippen LogP contribution is -2.16. The minimum atomic E-state index is -0.305. The zero-order valence-corrected chi connectivity index (χ0v) is 11.3. The minimum Gasteiger partial charge on any atom is -0.465 e. The predicted molar refractivity (Wildman–Crippen MR) is 75.6 cm³/mol. The Morgan fingerprint density at radius 3 is 2.78 bits per heavy atom. The number of ether oxygens (including phenoxy) is 1. The molecule has 1 N–H and O–H groups in total. The molecule has 0 spiro atoms. The Morgan fingerprint density at radius 2 is 2.17 bits per heavy atom. The zero-order chi connectivity index (χ0) is 13.2. The van der Waals surface area contributed by atoms with E-state index in [4.69, 9.17) is 6.42 Å². The van der Waals surface area contributed by atoms with E-state index in [1.807, 2.05) is 12.1 Å². The summed E-state index contributed by atoms with van der Waals surface area (Å²) in [4.78, 5) is 11.2. The van der Waals surface area contributed by atoms with Gasteiger partial charge in [0.2, 0.25) is 0 Å². The van der Waals surface area contributed by atoms with Crippen molar-refractivity contribution in [2.24, 2.45) is 0 Å². The lowest BCUT2D eigenvalue weighted by molar-refractivity contribution is 0.0600. The first-order chi connectivity index (χ1) is 8.77. The molecule has 1 rings (SSSR count). The number of hydrogen-bond acceptors (Lipinski definition) is 4. The molecule has 0 heterocycles. The second-order valence-corrected chi connectivity index (χ2v) is 4.73. The first-order valence-corrected chi connectivity index (χ1v) is 6.82. The second-order valence-electron chi connectivity index (χ2n) is 3.62. The maximum atomic E-state index is 11.2. The summed E-state index contributed by atoms with van der Waals surface area (Å²) in [6, 6.07) is 7.40. The van der Waals surface area contributed by atoms with E-state index in [1.165, 1.54) is 7.11 Å². The summed E-state index contributed by atoms with van der Waals surface area (Å²) >= 11 is 1.74. The Kier molecular flexibility index (Phi) is 7.00. The van der Waals surface area contributed by atoms with Crippen LogP contribution < -0.4 is 5.32 Å². The van der Waals surface area contributed by atoms with Crippen LogP contribution >= 0.6 is 11.8 Å². The largest absolute Gasteiger partial charge is 0.465 e. The van der Waals surface area contributed by atoms with Crippen molar-refractivity contribution in [2.75, 3.05) is 25.2 Å². The minimum absolute atomic E-state index is 0.305. The van der Waals surface area contributed by atoms with Crippen LogP contribution in [0.5, 0.6) is 0 Å². The van der Waals surface area contributed by atoms with E-state index in [-0.39, 0.29) is 5.97 Å². The van der Waals surface area contributed by atoms with Gasteiger partial charge in [-0.1, -0.05) is 18.1 Å². The van der Waals surface area contributed by atoms with Crippen molar-refractivity contribution in [1.82, 2.24) is 5.32 Å². The highest BCUT2D eigenvalue weighted by Gasteiger charge is 2.03. The van der Waals surface area contributed by atoms with Gasteiger partial charge < -0.3 is 10.1 Å². The van der Waals surface area contributed by atoms with Crippen LogP contribution in [-0.2, 0) is 11.3 Å². The van der Waals surface area contributed by atoms with E-state index in [2.05, 4.69) is 16.0 Å². The standard InChI is InChI=1S/C14H17NO2S/c1-3-9-18-10-8-15-11-12-4-6-13(7-5-12)14(16)17-2/h1,4-7,15H,8-11H2,2H3. The van der Waals surface area contributed by atoms with Crippen LogP contribution in [-0.4, -0.2) is 31.1 Å². The van der Waals surface area contributed by atoms with E-state index in [9.17, 15) is 4.79 Å². The SMILES string of the molecule is C#CCSCCNCc1ccc(C(=O)OC)cc1. The Bertz CT molecular complexity index is 409. The number of hydrogen-bond donors (Lipinski definition) is 1. The summed E-state index contributed by atoms with van der Waals surface area (Å²) in [5.41, 5.74) is 1.72. The first kappa shape index (κ1) is 14.6. The molecular formula is C14H17NO2S. The number of benzene rings is 1. The van der Waals surface area contributed by atoms with Crippen molar-refractivity contribution in [1.29, 1.82) is 0 Å².